The number of benzene rings is 2. The van der Waals surface area contributed by atoms with Crippen LogP contribution in [0, 0.1) is 0 Å². The van der Waals surface area contributed by atoms with E-state index in [1.807, 2.05) is 30.3 Å². The van der Waals surface area contributed by atoms with E-state index in [4.69, 9.17) is 9.26 Å². The molecule has 0 aliphatic rings. The first-order chi connectivity index (χ1) is 12.1. The minimum Gasteiger partial charge on any atom is -0.426 e. The van der Waals surface area contributed by atoms with Crippen LogP contribution in [0.3, 0.4) is 0 Å². The van der Waals surface area contributed by atoms with E-state index < -0.39 is 11.9 Å². The fraction of sp³-hybridized carbons (Fsp3) is 0.111. The van der Waals surface area contributed by atoms with Gasteiger partial charge in [-0.05, 0) is 12.1 Å². The Balaban J connectivity index is 1.67. The Kier molecular flexibility index (Phi) is 4.84. The summed E-state index contributed by atoms with van der Waals surface area (Å²) in [5.41, 5.74) is 1.07. The van der Waals surface area contributed by atoms with Gasteiger partial charge >= 0.3 is 5.97 Å². The molecule has 3 rings (SSSR count). The molecule has 1 heterocycles. The molecule has 25 heavy (non-hydrogen) atoms. The van der Waals surface area contributed by atoms with E-state index in [-0.39, 0.29) is 23.7 Å². The lowest BCUT2D eigenvalue weighted by Gasteiger charge is -2.08. The molecular weight excluding hydrogens is 322 g/mol. The number of rotatable bonds is 5. The molecule has 1 aromatic heterocycles. The Morgan fingerprint density at radius 1 is 1.08 bits per heavy atom. The number of ether oxygens (including phenoxy) is 1. The summed E-state index contributed by atoms with van der Waals surface area (Å²) in [6.07, 6.45) is 0. The molecular formula is C18H15N3O4. The van der Waals surface area contributed by atoms with Gasteiger partial charge in [0.15, 0.2) is 0 Å². The largest absolute Gasteiger partial charge is 0.426 e. The normalized spacial score (nSPS) is 10.3. The average molecular weight is 337 g/mol. The van der Waals surface area contributed by atoms with Crippen LogP contribution in [0.5, 0.6) is 5.75 Å². The molecule has 1 N–H and O–H groups in total. The minimum absolute atomic E-state index is 0.0626. The quantitative estimate of drug-likeness (QED) is 0.568. The fourth-order valence-corrected chi connectivity index (χ4v) is 2.18. The highest BCUT2D eigenvalue weighted by molar-refractivity contribution is 5.97. The SMILES string of the molecule is CC(=O)Oc1ccccc1C(=O)NCc1nc(-c2ccccc2)no1. The van der Waals surface area contributed by atoms with Crippen LogP contribution in [0.4, 0.5) is 0 Å². The van der Waals surface area contributed by atoms with Crippen LogP contribution >= 0.6 is 0 Å². The van der Waals surface area contributed by atoms with Crippen molar-refractivity contribution in [2.24, 2.45) is 0 Å². The van der Waals surface area contributed by atoms with Crippen molar-refractivity contribution in [3.63, 3.8) is 0 Å². The number of aromatic nitrogens is 2. The summed E-state index contributed by atoms with van der Waals surface area (Å²) in [5, 5.41) is 6.55. The smallest absolute Gasteiger partial charge is 0.308 e. The molecule has 0 spiro atoms. The van der Waals surface area contributed by atoms with Crippen molar-refractivity contribution in [2.45, 2.75) is 13.5 Å². The number of esters is 1. The molecule has 3 aromatic rings. The van der Waals surface area contributed by atoms with Crippen molar-refractivity contribution in [1.82, 2.24) is 15.5 Å². The summed E-state index contributed by atoms with van der Waals surface area (Å²) in [4.78, 5) is 27.7. The monoisotopic (exact) mass is 337 g/mol. The van der Waals surface area contributed by atoms with Gasteiger partial charge in [0.2, 0.25) is 11.7 Å². The molecule has 7 nitrogen and oxygen atoms in total. The van der Waals surface area contributed by atoms with E-state index in [9.17, 15) is 9.59 Å². The number of carbonyl (C=O) groups excluding carboxylic acids is 2. The molecule has 0 saturated carbocycles. The highest BCUT2D eigenvalue weighted by Gasteiger charge is 2.15. The number of amides is 1. The van der Waals surface area contributed by atoms with Gasteiger partial charge in [0.25, 0.3) is 5.91 Å². The third kappa shape index (κ3) is 4.08. The van der Waals surface area contributed by atoms with Crippen molar-refractivity contribution in [1.29, 1.82) is 0 Å². The zero-order valence-corrected chi connectivity index (χ0v) is 13.4. The first kappa shape index (κ1) is 16.4. The van der Waals surface area contributed by atoms with Gasteiger partial charge < -0.3 is 14.6 Å². The minimum atomic E-state index is -0.496. The summed E-state index contributed by atoms with van der Waals surface area (Å²) in [6.45, 7) is 1.34. The van der Waals surface area contributed by atoms with Crippen LogP contribution in [0.2, 0.25) is 0 Å². The molecule has 126 valence electrons. The second kappa shape index (κ2) is 7.39. The molecule has 7 heteroatoms. The van der Waals surface area contributed by atoms with Gasteiger partial charge in [0.1, 0.15) is 5.75 Å². The van der Waals surface area contributed by atoms with E-state index in [0.29, 0.717) is 5.82 Å². The van der Waals surface area contributed by atoms with Gasteiger partial charge in [-0.25, -0.2) is 0 Å². The third-order valence-corrected chi connectivity index (χ3v) is 3.29. The van der Waals surface area contributed by atoms with E-state index in [2.05, 4.69) is 15.5 Å². The van der Waals surface area contributed by atoms with Crippen LogP contribution in [0.1, 0.15) is 23.2 Å². The summed E-state index contributed by atoms with van der Waals surface area (Å²) < 4.78 is 10.2. The van der Waals surface area contributed by atoms with Crippen LogP contribution in [0.25, 0.3) is 11.4 Å². The Morgan fingerprint density at radius 3 is 2.56 bits per heavy atom. The lowest BCUT2D eigenvalue weighted by atomic mass is 10.2. The van der Waals surface area contributed by atoms with Crippen LogP contribution in [-0.2, 0) is 11.3 Å². The van der Waals surface area contributed by atoms with Gasteiger partial charge in [-0.3, -0.25) is 9.59 Å². The van der Waals surface area contributed by atoms with Gasteiger partial charge in [-0.2, -0.15) is 4.98 Å². The molecule has 0 aliphatic heterocycles. The van der Waals surface area contributed by atoms with E-state index >= 15 is 0 Å². The van der Waals surface area contributed by atoms with Gasteiger partial charge in [-0.1, -0.05) is 47.6 Å². The Hall–Kier alpha value is -3.48. The van der Waals surface area contributed by atoms with E-state index in [1.165, 1.54) is 6.92 Å². The molecule has 0 atom stereocenters. The number of nitrogens with one attached hydrogen (secondary N) is 1. The lowest BCUT2D eigenvalue weighted by Crippen LogP contribution is -2.24. The van der Waals surface area contributed by atoms with E-state index in [0.717, 1.165) is 5.56 Å². The maximum atomic E-state index is 12.3. The lowest BCUT2D eigenvalue weighted by molar-refractivity contribution is -0.131. The van der Waals surface area contributed by atoms with Crippen molar-refractivity contribution < 1.29 is 18.8 Å². The van der Waals surface area contributed by atoms with Gasteiger partial charge in [-0.15, -0.1) is 0 Å². The highest BCUT2D eigenvalue weighted by atomic mass is 16.5. The molecule has 0 aliphatic carbocycles. The fourth-order valence-electron chi connectivity index (χ4n) is 2.18. The van der Waals surface area contributed by atoms with Crippen molar-refractivity contribution in [2.75, 3.05) is 0 Å². The number of hydrogen-bond acceptors (Lipinski definition) is 6. The Labute approximate surface area is 143 Å². The average Bonchev–Trinajstić information content (AvgIpc) is 3.09. The predicted octanol–water partition coefficient (Wildman–Crippen LogP) is 2.59. The topological polar surface area (TPSA) is 94.3 Å². The Morgan fingerprint density at radius 2 is 1.80 bits per heavy atom. The molecule has 0 unspecified atom stereocenters. The zero-order valence-electron chi connectivity index (χ0n) is 13.4. The van der Waals surface area contributed by atoms with Crippen LogP contribution < -0.4 is 10.1 Å². The third-order valence-electron chi connectivity index (χ3n) is 3.29. The van der Waals surface area contributed by atoms with Crippen molar-refractivity contribution >= 4 is 11.9 Å². The molecule has 2 aromatic carbocycles. The van der Waals surface area contributed by atoms with Crippen molar-refractivity contribution in [3.8, 4) is 17.1 Å². The predicted molar refractivity (Wildman–Crippen MR) is 88.7 cm³/mol. The highest BCUT2D eigenvalue weighted by Crippen LogP contribution is 2.18. The zero-order chi connectivity index (χ0) is 17.6. The first-order valence-corrected chi connectivity index (χ1v) is 7.57. The summed E-state index contributed by atoms with van der Waals surface area (Å²) in [6, 6.07) is 15.9. The number of hydrogen-bond donors (Lipinski definition) is 1. The number of para-hydroxylation sites is 1. The van der Waals surface area contributed by atoms with Gasteiger partial charge in [0, 0.05) is 12.5 Å². The summed E-state index contributed by atoms with van der Waals surface area (Å²) >= 11 is 0. The Bertz CT molecular complexity index is 890. The summed E-state index contributed by atoms with van der Waals surface area (Å²) in [5.74, 6) is 0.0197. The number of carbonyl (C=O) groups is 2. The standard InChI is InChI=1S/C18H15N3O4/c1-12(22)24-15-10-6-5-9-14(15)18(23)19-11-16-20-17(21-25-16)13-7-3-2-4-8-13/h2-10H,11H2,1H3,(H,19,23). The molecule has 0 saturated heterocycles. The molecule has 0 bridgehead atoms. The second-order valence-corrected chi connectivity index (χ2v) is 5.15. The maximum Gasteiger partial charge on any atom is 0.308 e. The molecule has 0 radical (unpaired) electrons. The van der Waals surface area contributed by atoms with Crippen molar-refractivity contribution in [3.05, 3.63) is 66.1 Å². The van der Waals surface area contributed by atoms with Crippen LogP contribution in [-0.4, -0.2) is 22.0 Å². The molecule has 1 amide bonds. The van der Waals surface area contributed by atoms with Gasteiger partial charge in [0.05, 0.1) is 12.1 Å². The second-order valence-electron chi connectivity index (χ2n) is 5.15. The van der Waals surface area contributed by atoms with E-state index in [1.54, 1.807) is 24.3 Å². The molecule has 0 fully saturated rings. The number of nitrogens with zero attached hydrogens (tertiary/aromatic N) is 2. The summed E-state index contributed by atoms with van der Waals surface area (Å²) in [7, 11) is 0. The van der Waals surface area contributed by atoms with Crippen LogP contribution in [0.15, 0.2) is 59.1 Å². The first-order valence-electron chi connectivity index (χ1n) is 7.57. The maximum absolute atomic E-state index is 12.3.